The first kappa shape index (κ1) is 90.1. The number of para-hydroxylation sites is 5. The molecule has 702 valence electrons. The summed E-state index contributed by atoms with van der Waals surface area (Å²) in [5.41, 5.74) is 29.2. The lowest BCUT2D eigenvalue weighted by Crippen LogP contribution is -2.32. The molecule has 0 unspecified atom stereocenters. The van der Waals surface area contributed by atoms with E-state index in [1.807, 2.05) is 113 Å². The number of furan rings is 1. The fraction of sp³-hybridized carbons (Fsp3) is 0.0515. The largest absolute Gasteiger partial charge is 0.456 e. The molecule has 12 nitrogen and oxygen atoms in total. The Morgan fingerprint density at radius 3 is 0.757 bits per heavy atom. The molecule has 0 amide bonds. The van der Waals surface area contributed by atoms with Gasteiger partial charge in [-0.15, -0.1) is 0 Å². The van der Waals surface area contributed by atoms with Crippen molar-refractivity contribution in [2.24, 2.45) is 0 Å². The second kappa shape index (κ2) is 38.3. The normalized spacial score (nSPS) is 12.8. The van der Waals surface area contributed by atoms with Gasteiger partial charge >= 0.3 is 0 Å². The Hall–Kier alpha value is -19.2. The van der Waals surface area contributed by atoms with E-state index in [-0.39, 0.29) is 0 Å². The molecule has 0 fully saturated rings. The molecule has 0 aliphatic heterocycles. The van der Waals surface area contributed by atoms with E-state index >= 15 is 0 Å². The SMILES string of the molecule is CC.CC.c1ccc(-c2nc(-c3cccc4c3c3ccccc3n4-c3ccccc3)nc(C3(c4ccccc4)c4ccccc4-c4ccccc43)n2)cc1.c1ccc(-c2nc(-c3cccc4c3c3ccccc3n4-c3ccccc3)nc(C3(c4ccccc4)c4ccccc4-c4ccccc43)n2)cc1.c1ccc(-c2nc(-c3ccccc3)nc(C3(c4cccc5oc6ccccc6c45)c4ccccc4-c4ccccc43)n2)cc1. The van der Waals surface area contributed by atoms with Crippen molar-refractivity contribution in [3.63, 3.8) is 0 Å². The molecular weight excluding hydrogens is 1800 g/mol. The maximum atomic E-state index is 6.44. The Bertz CT molecular complexity index is 8890. The smallest absolute Gasteiger partial charge is 0.164 e. The molecule has 26 aromatic rings. The van der Waals surface area contributed by atoms with E-state index in [0.29, 0.717) is 52.4 Å². The minimum absolute atomic E-state index is 0.639. The van der Waals surface area contributed by atoms with Crippen LogP contribution in [0.15, 0.2) is 520 Å². The summed E-state index contributed by atoms with van der Waals surface area (Å²) >= 11 is 0. The van der Waals surface area contributed by atoms with Gasteiger partial charge in [0.2, 0.25) is 0 Å². The molecular formula is C136H97N11O. The maximum Gasteiger partial charge on any atom is 0.164 e. The number of nitrogens with zero attached hydrogens (tertiary/aromatic N) is 11. The zero-order valence-electron chi connectivity index (χ0n) is 81.9. The van der Waals surface area contributed by atoms with E-state index < -0.39 is 16.2 Å². The Balaban J connectivity index is 0.000000114. The van der Waals surface area contributed by atoms with Crippen LogP contribution in [-0.4, -0.2) is 54.0 Å². The summed E-state index contributed by atoms with van der Waals surface area (Å²) in [6.07, 6.45) is 0. The van der Waals surface area contributed by atoms with Crippen LogP contribution in [0.25, 0.3) is 179 Å². The molecule has 0 saturated carbocycles. The Morgan fingerprint density at radius 2 is 0.405 bits per heavy atom. The molecule has 148 heavy (non-hydrogen) atoms. The third kappa shape index (κ3) is 14.7. The van der Waals surface area contributed by atoms with Gasteiger partial charge in [-0.2, -0.15) is 0 Å². The summed E-state index contributed by atoms with van der Waals surface area (Å²) in [6, 6.07) is 180. The lowest BCUT2D eigenvalue weighted by Gasteiger charge is -2.32. The number of hydrogen-bond acceptors (Lipinski definition) is 10. The Labute approximate surface area is 858 Å². The molecule has 0 saturated heterocycles. The van der Waals surface area contributed by atoms with Gasteiger partial charge in [0.25, 0.3) is 0 Å². The van der Waals surface area contributed by atoms with Crippen molar-refractivity contribution in [1.82, 2.24) is 54.0 Å². The van der Waals surface area contributed by atoms with E-state index in [9.17, 15) is 0 Å². The Kier molecular flexibility index (Phi) is 23.3. The monoisotopic (exact) mass is 1900 g/mol. The highest BCUT2D eigenvalue weighted by atomic mass is 16.3. The molecule has 6 heterocycles. The molecule has 3 aliphatic rings. The molecule has 0 radical (unpaired) electrons. The van der Waals surface area contributed by atoms with Crippen LogP contribution in [0, 0.1) is 0 Å². The van der Waals surface area contributed by atoms with Gasteiger partial charge in [0.05, 0.1) is 22.1 Å². The van der Waals surface area contributed by atoms with Gasteiger partial charge in [-0.1, -0.05) is 483 Å². The van der Waals surface area contributed by atoms with Gasteiger partial charge < -0.3 is 13.6 Å². The highest BCUT2D eigenvalue weighted by Gasteiger charge is 2.53. The average molecular weight is 1900 g/mol. The summed E-state index contributed by atoms with van der Waals surface area (Å²) in [7, 11) is 0. The van der Waals surface area contributed by atoms with Crippen LogP contribution in [0.3, 0.4) is 0 Å². The maximum absolute atomic E-state index is 6.44. The van der Waals surface area contributed by atoms with Crippen LogP contribution in [0.1, 0.15) is 95.2 Å². The number of rotatable bonds is 14. The predicted octanol–water partition coefficient (Wildman–Crippen LogP) is 32.9. The molecule has 0 spiro atoms. The van der Waals surface area contributed by atoms with E-state index in [1.54, 1.807) is 0 Å². The molecule has 0 atom stereocenters. The lowest BCUT2D eigenvalue weighted by atomic mass is 9.70. The number of hydrogen-bond donors (Lipinski definition) is 0. The second-order valence-corrected chi connectivity index (χ2v) is 36.7. The summed E-state index contributed by atoms with van der Waals surface area (Å²) in [5.74, 6) is 5.95. The van der Waals surface area contributed by atoms with Crippen LogP contribution in [0.2, 0.25) is 0 Å². The molecule has 0 N–H and O–H groups in total. The zero-order chi connectivity index (χ0) is 99.2. The first-order valence-electron chi connectivity index (χ1n) is 50.7. The second-order valence-electron chi connectivity index (χ2n) is 36.7. The first-order chi connectivity index (χ1) is 73.5. The van der Waals surface area contributed by atoms with Crippen LogP contribution in [0.4, 0.5) is 0 Å². The van der Waals surface area contributed by atoms with Crippen molar-refractivity contribution in [2.45, 2.75) is 43.9 Å². The third-order valence-electron chi connectivity index (χ3n) is 29.0. The van der Waals surface area contributed by atoms with Crippen molar-refractivity contribution in [3.05, 3.63) is 583 Å². The summed E-state index contributed by atoms with van der Waals surface area (Å²) in [4.78, 5) is 48.4. The fourth-order valence-corrected chi connectivity index (χ4v) is 23.0. The highest BCUT2D eigenvalue weighted by molar-refractivity contribution is 6.17. The predicted molar refractivity (Wildman–Crippen MR) is 603 cm³/mol. The van der Waals surface area contributed by atoms with Crippen LogP contribution >= 0.6 is 0 Å². The van der Waals surface area contributed by atoms with Crippen molar-refractivity contribution in [2.75, 3.05) is 0 Å². The van der Waals surface area contributed by atoms with Gasteiger partial charge in [0.15, 0.2) is 52.4 Å². The third-order valence-corrected chi connectivity index (χ3v) is 29.0. The van der Waals surface area contributed by atoms with Gasteiger partial charge in [-0.25, -0.2) is 44.9 Å². The van der Waals surface area contributed by atoms with Gasteiger partial charge in [-0.05, 0) is 144 Å². The van der Waals surface area contributed by atoms with Crippen molar-refractivity contribution in [1.29, 1.82) is 0 Å². The molecule has 3 aliphatic carbocycles. The zero-order valence-corrected chi connectivity index (χ0v) is 81.9. The van der Waals surface area contributed by atoms with Crippen LogP contribution < -0.4 is 0 Å². The molecule has 0 bridgehead atoms. The number of benzene rings is 20. The number of aromatic nitrogens is 11. The minimum Gasteiger partial charge on any atom is -0.456 e. The lowest BCUT2D eigenvalue weighted by molar-refractivity contribution is 0.665. The van der Waals surface area contributed by atoms with E-state index in [0.717, 1.165) is 138 Å². The van der Waals surface area contributed by atoms with Gasteiger partial charge in [-0.3, -0.25) is 0 Å². The van der Waals surface area contributed by atoms with Gasteiger partial charge in [0, 0.05) is 77.1 Å². The quantitative estimate of drug-likeness (QED) is 0.103. The van der Waals surface area contributed by atoms with E-state index in [2.05, 4.69) is 440 Å². The fourth-order valence-electron chi connectivity index (χ4n) is 23.0. The van der Waals surface area contributed by atoms with Crippen LogP contribution in [-0.2, 0) is 16.2 Å². The van der Waals surface area contributed by atoms with Crippen molar-refractivity contribution in [3.8, 4) is 113 Å². The van der Waals surface area contributed by atoms with E-state index in [1.165, 1.54) is 55.6 Å². The first-order valence-corrected chi connectivity index (χ1v) is 50.7. The Morgan fingerprint density at radius 1 is 0.169 bits per heavy atom. The topological polar surface area (TPSA) is 139 Å². The summed E-state index contributed by atoms with van der Waals surface area (Å²) in [5, 5.41) is 6.67. The van der Waals surface area contributed by atoms with Gasteiger partial charge in [0.1, 0.15) is 27.4 Å². The molecule has 20 aromatic carbocycles. The summed E-state index contributed by atoms with van der Waals surface area (Å²) in [6.45, 7) is 8.00. The summed E-state index contributed by atoms with van der Waals surface area (Å²) < 4.78 is 11.1. The average Bonchev–Trinajstić information content (AvgIpc) is 1.58. The standard InChI is InChI=1S/2C46H30N4.C40H25N3O.2C2H6/c2*1-4-17-31(18-5-1)43-47-44(37-26-16-30-41-42(37)36-25-12-15-29-40(36)50(41)33-21-8-3-9-22-33)49-45(48-43)46(32-19-6-2-7-20-32)38-27-13-10-23-34(38)35-24-11-14-28-39(35)46;1-3-14-26(15-4-1)37-41-38(27-16-5-2-6-17-27)43-39(42-37)40(31-21-10-7-18-28(31)29-19-8-11-22-32(29)40)33-23-13-25-35-36(33)30-20-9-12-24-34(30)44-35;2*1-2/h2*1-30H;1-25H;2*1-2H3. The molecule has 12 heteroatoms. The van der Waals surface area contributed by atoms with E-state index in [4.69, 9.17) is 49.3 Å². The number of fused-ring (bicyclic) bond motifs is 18. The highest BCUT2D eigenvalue weighted by Crippen LogP contribution is 2.61. The van der Waals surface area contributed by atoms with Crippen molar-refractivity contribution < 1.29 is 4.42 Å². The van der Waals surface area contributed by atoms with Crippen LogP contribution in [0.5, 0.6) is 0 Å². The molecule has 6 aromatic heterocycles. The van der Waals surface area contributed by atoms with Crippen molar-refractivity contribution >= 4 is 65.6 Å². The minimum atomic E-state index is -0.838. The molecule has 29 rings (SSSR count).